The summed E-state index contributed by atoms with van der Waals surface area (Å²) in [6.07, 6.45) is 0. The van der Waals surface area contributed by atoms with Gasteiger partial charge < -0.3 is 21.3 Å². The van der Waals surface area contributed by atoms with Gasteiger partial charge in [0.1, 0.15) is 0 Å². The van der Waals surface area contributed by atoms with Crippen LogP contribution in [-0.4, -0.2) is 66.8 Å². The van der Waals surface area contributed by atoms with E-state index in [1.807, 2.05) is 0 Å². The maximum atomic E-state index is 8.60. The Hall–Kier alpha value is 0.489. The molecule has 0 rings (SSSR count). The number of likely N-dealkylation sites (N-methyl/N-ethyl adjacent to an activating group) is 2. The summed E-state index contributed by atoms with van der Waals surface area (Å²) < 4.78 is 32.7. The van der Waals surface area contributed by atoms with Gasteiger partial charge >= 0.3 is 0 Å². The van der Waals surface area contributed by atoms with Crippen LogP contribution in [0.2, 0.25) is 0 Å². The molecule has 0 saturated heterocycles. The number of halogens is 1. The minimum absolute atomic E-state index is 0. The van der Waals surface area contributed by atoms with Gasteiger partial charge in [-0.05, 0) is 26.2 Å². The van der Waals surface area contributed by atoms with Crippen molar-refractivity contribution in [1.82, 2.24) is 9.80 Å². The van der Waals surface area contributed by atoms with Crippen molar-refractivity contribution in [2.45, 2.75) is 27.7 Å². The van der Waals surface area contributed by atoms with Crippen molar-refractivity contribution in [3.05, 3.63) is 0 Å². The van der Waals surface area contributed by atoms with Crippen LogP contribution in [0.25, 0.3) is 0 Å². The zero-order valence-electron chi connectivity index (χ0n) is 14.1. The van der Waals surface area contributed by atoms with Crippen LogP contribution in [0.15, 0.2) is 0 Å². The van der Waals surface area contributed by atoms with Crippen LogP contribution in [0, 0.1) is 10.2 Å². The van der Waals surface area contributed by atoms with Crippen molar-refractivity contribution in [3.8, 4) is 0 Å². The molecule has 0 amide bonds. The Morgan fingerprint density at radius 2 is 0.955 bits per heavy atom. The van der Waals surface area contributed by atoms with Crippen molar-refractivity contribution >= 4 is 0 Å². The van der Waals surface area contributed by atoms with Gasteiger partial charge in [0, 0.05) is 43.2 Å². The monoisotopic (exact) mass is 395 g/mol. The number of nitrogens with zero attached hydrogens (tertiary/aromatic N) is 2. The first-order valence-corrected chi connectivity index (χ1v) is 8.44. The Morgan fingerprint density at radius 3 is 1.00 bits per heavy atom. The Bertz CT molecular complexity index is 174. The normalized spacial score (nSPS) is 10.4. The summed E-state index contributed by atoms with van der Waals surface area (Å²) in [6, 6.07) is 0. The molecule has 0 bridgehead atoms. The molecule has 0 aromatic rings. The summed E-state index contributed by atoms with van der Waals surface area (Å²) in [4.78, 5) is 4.61. The molecule has 1 radical (unpaired) electrons. The number of nitrogens with two attached hydrogens (primary N) is 2. The zero-order chi connectivity index (χ0) is 17.3. The maximum absolute atomic E-state index is 8.60. The molecular weight excluding hydrogens is 363 g/mol. The predicted octanol–water partition coefficient (Wildman–Crippen LogP) is -3.55. The van der Waals surface area contributed by atoms with Gasteiger partial charge in [-0.1, -0.05) is 27.7 Å². The molecule has 0 saturated carbocycles. The summed E-state index contributed by atoms with van der Waals surface area (Å²) in [5.41, 5.74) is 10.7. The molecular formula is C12H33ClCuN4O4. The van der Waals surface area contributed by atoms with Crippen LogP contribution in [0.3, 0.4) is 0 Å². The van der Waals surface area contributed by atoms with E-state index in [1.165, 1.54) is 0 Å². The van der Waals surface area contributed by atoms with Crippen LogP contribution in [0.4, 0.5) is 0 Å². The summed E-state index contributed by atoms with van der Waals surface area (Å²) in [7, 11) is -4.69. The Labute approximate surface area is 147 Å². The quantitative estimate of drug-likeness (QED) is 0.357. The second kappa shape index (κ2) is 21.5. The first-order valence-electron chi connectivity index (χ1n) is 7.17. The summed E-state index contributed by atoms with van der Waals surface area (Å²) in [6.45, 7) is 16.7. The molecule has 0 aliphatic carbocycles. The maximum Gasteiger partial charge on any atom is 0.0777 e. The third kappa shape index (κ3) is 37.1. The van der Waals surface area contributed by atoms with Crippen molar-refractivity contribution in [2.75, 3.05) is 52.4 Å². The topological polar surface area (TPSA) is 148 Å². The molecule has 0 aliphatic rings. The molecule has 22 heavy (non-hydrogen) atoms. The van der Waals surface area contributed by atoms with Gasteiger partial charge in [0.2, 0.25) is 0 Å². The summed E-state index contributed by atoms with van der Waals surface area (Å²) in [5.74, 6) is 0. The molecule has 0 spiro atoms. The Kier molecular flexibility index (Phi) is 29.7. The molecule has 5 N–H and O–H groups in total. The number of hydrogen-bond acceptors (Lipinski definition) is 8. The fraction of sp³-hybridized carbons (Fsp3) is 1.00. The van der Waals surface area contributed by atoms with Gasteiger partial charge in [0.25, 0.3) is 0 Å². The average molecular weight is 396 g/mol. The van der Waals surface area contributed by atoms with E-state index >= 15 is 0 Å². The zero-order valence-corrected chi connectivity index (χ0v) is 15.8. The summed E-state index contributed by atoms with van der Waals surface area (Å²) >= 11 is 0. The minimum Gasteiger partial charge on any atom is -0.329 e. The Morgan fingerprint density at radius 1 is 0.773 bits per heavy atom. The molecule has 0 aromatic carbocycles. The predicted molar refractivity (Wildman–Crippen MR) is 75.9 cm³/mol. The second-order valence-electron chi connectivity index (χ2n) is 4.03. The molecule has 0 unspecified atom stereocenters. The van der Waals surface area contributed by atoms with E-state index in [9.17, 15) is 0 Å². The third-order valence-corrected chi connectivity index (χ3v) is 2.68. The van der Waals surface area contributed by atoms with Crippen molar-refractivity contribution < 1.29 is 45.9 Å². The molecule has 10 heteroatoms. The third-order valence-electron chi connectivity index (χ3n) is 2.68. The molecule has 8 nitrogen and oxygen atoms in total. The fourth-order valence-corrected chi connectivity index (χ4v) is 1.44. The summed E-state index contributed by atoms with van der Waals surface area (Å²) in [5, 5.41) is 0. The van der Waals surface area contributed by atoms with E-state index in [0.717, 1.165) is 52.4 Å². The standard InChI is InChI=1S/2C6H16N2.ClHO4.Cu/c2*1-3-8(4-2)6-5-7;2-1(3,4)5;/h2*3-7H2,1-2H3;(H,2,3,4,5);. The smallest absolute Gasteiger partial charge is 0.0777 e. The van der Waals surface area contributed by atoms with Crippen molar-refractivity contribution in [3.63, 3.8) is 0 Å². The van der Waals surface area contributed by atoms with Gasteiger partial charge in [-0.3, -0.25) is 0 Å². The molecule has 0 aromatic heterocycles. The van der Waals surface area contributed by atoms with Gasteiger partial charge in [-0.15, -0.1) is 0 Å². The Balaban J connectivity index is -0.000000111. The number of rotatable bonds is 8. The number of hydrogen-bond donors (Lipinski definition) is 3. The van der Waals surface area contributed by atoms with Crippen molar-refractivity contribution in [2.24, 2.45) is 11.5 Å². The largest absolute Gasteiger partial charge is 0.329 e. The van der Waals surface area contributed by atoms with E-state index in [1.54, 1.807) is 0 Å². The van der Waals surface area contributed by atoms with Crippen LogP contribution >= 0.6 is 0 Å². The second-order valence-corrected chi connectivity index (χ2v) is 4.82. The van der Waals surface area contributed by atoms with E-state index in [4.69, 9.17) is 30.1 Å². The molecule has 0 atom stereocenters. The fourth-order valence-electron chi connectivity index (χ4n) is 1.44. The van der Waals surface area contributed by atoms with E-state index in [2.05, 4.69) is 37.5 Å². The van der Waals surface area contributed by atoms with Gasteiger partial charge in [0.15, 0.2) is 0 Å². The first-order chi connectivity index (χ1) is 9.69. The van der Waals surface area contributed by atoms with Gasteiger partial charge in [0.05, 0.1) is 14.9 Å². The SMILES string of the molecule is CCN(CC)CCN.CCN(CC)CCN.[Cu].[O-][Cl+3]([O-])([O-])O. The van der Waals surface area contributed by atoms with Crippen LogP contribution in [-0.2, 0) is 17.1 Å². The average Bonchev–Trinajstić information content (AvgIpc) is 2.41. The molecule has 0 heterocycles. The van der Waals surface area contributed by atoms with E-state index in [-0.39, 0.29) is 17.1 Å². The van der Waals surface area contributed by atoms with Gasteiger partial charge in [-0.25, -0.2) is 0 Å². The van der Waals surface area contributed by atoms with E-state index in [0.29, 0.717) is 0 Å². The minimum atomic E-state index is -4.69. The molecule has 0 aliphatic heterocycles. The van der Waals surface area contributed by atoms with Crippen LogP contribution in [0.5, 0.6) is 0 Å². The van der Waals surface area contributed by atoms with Crippen LogP contribution in [0.1, 0.15) is 27.7 Å². The molecule has 143 valence electrons. The first kappa shape index (κ1) is 30.4. The van der Waals surface area contributed by atoms with Crippen LogP contribution < -0.4 is 25.4 Å². The van der Waals surface area contributed by atoms with Crippen molar-refractivity contribution in [1.29, 1.82) is 0 Å². The molecule has 0 fully saturated rings. The van der Waals surface area contributed by atoms with Gasteiger partial charge in [-0.2, -0.15) is 14.0 Å². The van der Waals surface area contributed by atoms with E-state index < -0.39 is 10.2 Å².